The van der Waals surface area contributed by atoms with Gasteiger partial charge in [-0.1, -0.05) is 54.6 Å². The molecule has 0 fully saturated rings. The fourth-order valence-corrected chi connectivity index (χ4v) is 4.13. The highest BCUT2D eigenvalue weighted by Crippen LogP contribution is 2.35. The minimum absolute atomic E-state index is 0.802. The number of hydrogen-bond acceptors (Lipinski definition) is 2. The van der Waals surface area contributed by atoms with E-state index in [-0.39, 0.29) is 0 Å². The van der Waals surface area contributed by atoms with Gasteiger partial charge in [0, 0.05) is 28.6 Å². The van der Waals surface area contributed by atoms with Crippen LogP contribution in [0.25, 0.3) is 55.0 Å². The molecule has 128 valence electrons. The molecular weight excluding hydrogens is 332 g/mol. The SMILES string of the molecule is Cn1c2cnc(-c3cc4ccccc4o3)cc2c2ccc3ccccc3c21. The Hall–Kier alpha value is -3.59. The van der Waals surface area contributed by atoms with Crippen molar-refractivity contribution in [1.29, 1.82) is 0 Å². The van der Waals surface area contributed by atoms with E-state index >= 15 is 0 Å². The number of furan rings is 1. The van der Waals surface area contributed by atoms with Crippen LogP contribution >= 0.6 is 0 Å². The summed E-state index contributed by atoms with van der Waals surface area (Å²) < 4.78 is 8.26. The van der Waals surface area contributed by atoms with E-state index in [1.807, 2.05) is 24.4 Å². The third-order valence-corrected chi connectivity index (χ3v) is 5.45. The number of para-hydroxylation sites is 1. The van der Waals surface area contributed by atoms with Crippen molar-refractivity contribution in [3.8, 4) is 11.5 Å². The Bertz CT molecular complexity index is 1450. The maximum absolute atomic E-state index is 6.02. The molecule has 0 aliphatic rings. The van der Waals surface area contributed by atoms with Gasteiger partial charge < -0.3 is 8.98 Å². The van der Waals surface area contributed by atoms with Gasteiger partial charge in [-0.25, -0.2) is 0 Å². The topological polar surface area (TPSA) is 31.0 Å². The monoisotopic (exact) mass is 348 g/mol. The normalized spacial score (nSPS) is 11.9. The lowest BCUT2D eigenvalue weighted by atomic mass is 10.1. The summed E-state index contributed by atoms with van der Waals surface area (Å²) in [6.07, 6.45) is 1.95. The molecular formula is C24H16N2O. The van der Waals surface area contributed by atoms with Crippen molar-refractivity contribution in [2.45, 2.75) is 0 Å². The van der Waals surface area contributed by atoms with Crippen LogP contribution in [0.3, 0.4) is 0 Å². The molecule has 3 aromatic carbocycles. The predicted octanol–water partition coefficient (Wildman–Crippen LogP) is 6.29. The third kappa shape index (κ3) is 1.99. The van der Waals surface area contributed by atoms with Crippen LogP contribution in [0.2, 0.25) is 0 Å². The van der Waals surface area contributed by atoms with Gasteiger partial charge in [-0.05, 0) is 23.6 Å². The second kappa shape index (κ2) is 5.21. The van der Waals surface area contributed by atoms with Crippen molar-refractivity contribution < 1.29 is 4.42 Å². The van der Waals surface area contributed by atoms with Crippen molar-refractivity contribution in [1.82, 2.24) is 9.55 Å². The molecule has 0 N–H and O–H groups in total. The summed E-state index contributed by atoms with van der Waals surface area (Å²) in [7, 11) is 2.11. The highest BCUT2D eigenvalue weighted by Gasteiger charge is 2.14. The van der Waals surface area contributed by atoms with Crippen LogP contribution in [0.1, 0.15) is 0 Å². The average Bonchev–Trinajstić information content (AvgIpc) is 3.27. The standard InChI is InChI=1S/C24H16N2O/c1-26-21-14-25-20(23-12-16-7-3-5-9-22(16)27-23)13-19(21)18-11-10-15-6-2-4-8-17(15)24(18)26/h2-14H,1H3. The minimum atomic E-state index is 0.802. The summed E-state index contributed by atoms with van der Waals surface area (Å²) in [5, 5.41) is 6.05. The van der Waals surface area contributed by atoms with E-state index in [0.29, 0.717) is 0 Å². The average molecular weight is 348 g/mol. The first-order chi connectivity index (χ1) is 13.3. The van der Waals surface area contributed by atoms with Gasteiger partial charge in [-0.2, -0.15) is 0 Å². The fraction of sp³-hybridized carbons (Fsp3) is 0.0417. The maximum atomic E-state index is 6.02. The number of rotatable bonds is 1. The molecule has 3 nitrogen and oxygen atoms in total. The minimum Gasteiger partial charge on any atom is -0.454 e. The van der Waals surface area contributed by atoms with Crippen molar-refractivity contribution in [2.24, 2.45) is 7.05 Å². The zero-order valence-electron chi connectivity index (χ0n) is 14.8. The Labute approximate surface area is 155 Å². The van der Waals surface area contributed by atoms with Crippen LogP contribution in [-0.2, 0) is 7.05 Å². The molecule has 6 aromatic rings. The van der Waals surface area contributed by atoms with Crippen LogP contribution in [-0.4, -0.2) is 9.55 Å². The van der Waals surface area contributed by atoms with Crippen LogP contribution in [0, 0.1) is 0 Å². The first-order valence-corrected chi connectivity index (χ1v) is 9.04. The van der Waals surface area contributed by atoms with E-state index in [1.54, 1.807) is 0 Å². The molecule has 0 radical (unpaired) electrons. The Kier molecular flexibility index (Phi) is 2.81. The zero-order chi connectivity index (χ0) is 18.0. The highest BCUT2D eigenvalue weighted by atomic mass is 16.3. The van der Waals surface area contributed by atoms with Gasteiger partial charge in [-0.15, -0.1) is 0 Å². The van der Waals surface area contributed by atoms with Crippen LogP contribution in [0.15, 0.2) is 83.4 Å². The second-order valence-corrected chi connectivity index (χ2v) is 6.98. The fourth-order valence-electron chi connectivity index (χ4n) is 4.13. The lowest BCUT2D eigenvalue weighted by Crippen LogP contribution is -1.89. The summed E-state index contributed by atoms with van der Waals surface area (Å²) in [4.78, 5) is 4.69. The molecule has 0 saturated carbocycles. The third-order valence-electron chi connectivity index (χ3n) is 5.45. The Morgan fingerprint density at radius 2 is 1.59 bits per heavy atom. The molecule has 0 amide bonds. The van der Waals surface area contributed by atoms with E-state index in [2.05, 4.69) is 66.2 Å². The molecule has 6 rings (SSSR count). The van der Waals surface area contributed by atoms with Crippen LogP contribution in [0.4, 0.5) is 0 Å². The van der Waals surface area contributed by atoms with E-state index in [4.69, 9.17) is 9.40 Å². The molecule has 0 unspecified atom stereocenters. The highest BCUT2D eigenvalue weighted by molar-refractivity contribution is 6.17. The molecule has 0 aliphatic carbocycles. The van der Waals surface area contributed by atoms with Gasteiger partial charge in [0.15, 0.2) is 5.76 Å². The van der Waals surface area contributed by atoms with Crippen molar-refractivity contribution >= 4 is 43.5 Å². The Morgan fingerprint density at radius 3 is 2.48 bits per heavy atom. The van der Waals surface area contributed by atoms with Crippen LogP contribution < -0.4 is 0 Å². The van der Waals surface area contributed by atoms with Gasteiger partial charge >= 0.3 is 0 Å². The van der Waals surface area contributed by atoms with E-state index in [0.717, 1.165) is 27.9 Å². The lowest BCUT2D eigenvalue weighted by Gasteiger charge is -2.02. The molecule has 3 heteroatoms. The quantitative estimate of drug-likeness (QED) is 0.349. The van der Waals surface area contributed by atoms with Crippen molar-refractivity contribution in [2.75, 3.05) is 0 Å². The summed E-state index contributed by atoms with van der Waals surface area (Å²) >= 11 is 0. The van der Waals surface area contributed by atoms with Gasteiger partial charge in [0.05, 0.1) is 17.2 Å². The summed E-state index contributed by atoms with van der Waals surface area (Å²) in [5.41, 5.74) is 4.12. The van der Waals surface area contributed by atoms with E-state index in [9.17, 15) is 0 Å². The first-order valence-electron chi connectivity index (χ1n) is 9.04. The van der Waals surface area contributed by atoms with Gasteiger partial charge in [-0.3, -0.25) is 4.98 Å². The molecule has 0 spiro atoms. The van der Waals surface area contributed by atoms with Gasteiger partial charge in [0.1, 0.15) is 11.3 Å². The molecule has 3 aromatic heterocycles. The molecule has 3 heterocycles. The van der Waals surface area contributed by atoms with Crippen LogP contribution in [0.5, 0.6) is 0 Å². The number of hydrogen-bond donors (Lipinski definition) is 0. The molecule has 0 saturated heterocycles. The smallest absolute Gasteiger partial charge is 0.153 e. The van der Waals surface area contributed by atoms with Crippen molar-refractivity contribution in [3.05, 3.63) is 79.0 Å². The lowest BCUT2D eigenvalue weighted by molar-refractivity contribution is 0.629. The van der Waals surface area contributed by atoms with E-state index < -0.39 is 0 Å². The molecule has 0 bridgehead atoms. The Morgan fingerprint density at radius 1 is 0.778 bits per heavy atom. The number of aryl methyl sites for hydroxylation is 1. The van der Waals surface area contributed by atoms with Gasteiger partial charge in [0.2, 0.25) is 0 Å². The summed E-state index contributed by atoms with van der Waals surface area (Å²) in [6.45, 7) is 0. The first kappa shape index (κ1) is 14.6. The van der Waals surface area contributed by atoms with Gasteiger partial charge in [0.25, 0.3) is 0 Å². The maximum Gasteiger partial charge on any atom is 0.153 e. The number of benzene rings is 3. The largest absolute Gasteiger partial charge is 0.454 e. The number of fused-ring (bicyclic) bond motifs is 6. The van der Waals surface area contributed by atoms with E-state index in [1.165, 1.54) is 27.1 Å². The molecule has 0 atom stereocenters. The Balaban J connectivity index is 1.67. The number of aromatic nitrogens is 2. The number of pyridine rings is 1. The second-order valence-electron chi connectivity index (χ2n) is 6.98. The summed E-state index contributed by atoms with van der Waals surface area (Å²) in [6, 6.07) is 25.2. The predicted molar refractivity (Wildman–Crippen MR) is 111 cm³/mol. The van der Waals surface area contributed by atoms with Crippen molar-refractivity contribution in [3.63, 3.8) is 0 Å². The number of nitrogens with zero attached hydrogens (tertiary/aromatic N) is 2. The molecule has 27 heavy (non-hydrogen) atoms. The zero-order valence-corrected chi connectivity index (χ0v) is 14.8. The summed E-state index contributed by atoms with van der Waals surface area (Å²) in [5.74, 6) is 0.802. The molecule has 0 aliphatic heterocycles.